The highest BCUT2D eigenvalue weighted by molar-refractivity contribution is 5.88. The van der Waals surface area contributed by atoms with Gasteiger partial charge in [-0.2, -0.15) is 0 Å². The van der Waals surface area contributed by atoms with Gasteiger partial charge >= 0.3 is 0 Å². The lowest BCUT2D eigenvalue weighted by Crippen LogP contribution is -2.32. The molecule has 2 fully saturated rings. The monoisotopic (exact) mass is 218 g/mol. The minimum Gasteiger partial charge on any atom is -0.299 e. The molecule has 0 aromatic heterocycles. The molecule has 0 heterocycles. The molecule has 88 valence electrons. The number of ketones is 1. The third-order valence-corrected chi connectivity index (χ3v) is 5.45. The van der Waals surface area contributed by atoms with Gasteiger partial charge in [-0.1, -0.05) is 32.4 Å². The maximum Gasteiger partial charge on any atom is 0.140 e. The lowest BCUT2D eigenvalue weighted by Gasteiger charge is -2.35. The lowest BCUT2D eigenvalue weighted by atomic mass is 9.67. The first-order valence-electron chi connectivity index (χ1n) is 6.58. The van der Waals surface area contributed by atoms with Gasteiger partial charge in [-0.25, -0.2) is 0 Å². The summed E-state index contributed by atoms with van der Waals surface area (Å²) in [6, 6.07) is 0. The predicted molar refractivity (Wildman–Crippen MR) is 65.0 cm³/mol. The van der Waals surface area contributed by atoms with E-state index in [1.165, 1.54) is 18.4 Å². The summed E-state index contributed by atoms with van der Waals surface area (Å²) in [5.41, 5.74) is 2.11. The summed E-state index contributed by atoms with van der Waals surface area (Å²) in [5, 5.41) is 0. The maximum absolute atomic E-state index is 12.2. The number of hydrogen-bond acceptors (Lipinski definition) is 1. The zero-order valence-electron chi connectivity index (χ0n) is 10.8. The molecule has 1 spiro atoms. The molecule has 0 aliphatic heterocycles. The van der Waals surface area contributed by atoms with Crippen molar-refractivity contribution in [2.75, 3.05) is 0 Å². The van der Waals surface area contributed by atoms with Gasteiger partial charge in [0.15, 0.2) is 0 Å². The van der Waals surface area contributed by atoms with Crippen molar-refractivity contribution < 1.29 is 4.79 Å². The minimum absolute atomic E-state index is 0.272. The molecule has 0 bridgehead atoms. The van der Waals surface area contributed by atoms with Crippen molar-refractivity contribution in [2.24, 2.45) is 28.6 Å². The van der Waals surface area contributed by atoms with E-state index in [4.69, 9.17) is 0 Å². The van der Waals surface area contributed by atoms with Gasteiger partial charge in [0.25, 0.3) is 0 Å². The molecular formula is C15H22O. The molecule has 1 nitrogen and oxygen atoms in total. The molecular weight excluding hydrogens is 196 g/mol. The van der Waals surface area contributed by atoms with Crippen LogP contribution in [0, 0.1) is 28.6 Å². The van der Waals surface area contributed by atoms with Gasteiger partial charge in [-0.15, -0.1) is 0 Å². The van der Waals surface area contributed by atoms with Crippen LogP contribution in [0.3, 0.4) is 0 Å². The molecule has 0 aromatic rings. The fourth-order valence-electron chi connectivity index (χ4n) is 5.17. The van der Waals surface area contributed by atoms with Crippen LogP contribution in [0.2, 0.25) is 0 Å². The number of allylic oxidation sites excluding steroid dienone is 2. The summed E-state index contributed by atoms with van der Waals surface area (Å²) in [5.74, 6) is 2.05. The summed E-state index contributed by atoms with van der Waals surface area (Å²) in [6.45, 7) is 9.22. The van der Waals surface area contributed by atoms with E-state index >= 15 is 0 Å². The normalized spacial score (nSPS) is 49.1. The number of rotatable bonds is 0. The molecule has 16 heavy (non-hydrogen) atoms. The van der Waals surface area contributed by atoms with Crippen LogP contribution >= 0.6 is 0 Å². The van der Waals surface area contributed by atoms with Crippen LogP contribution in [0.1, 0.15) is 47.0 Å². The van der Waals surface area contributed by atoms with E-state index in [1.807, 2.05) is 0 Å². The number of carbonyl (C=O) groups excluding carboxylic acids is 1. The molecule has 0 N–H and O–H groups in total. The maximum atomic E-state index is 12.2. The van der Waals surface area contributed by atoms with E-state index in [9.17, 15) is 4.79 Å². The number of carbonyl (C=O) groups is 1. The van der Waals surface area contributed by atoms with E-state index in [0.717, 1.165) is 6.42 Å². The summed E-state index contributed by atoms with van der Waals surface area (Å²) in [7, 11) is 0. The Morgan fingerprint density at radius 3 is 2.75 bits per heavy atom. The molecule has 3 aliphatic rings. The first kappa shape index (κ1) is 10.6. The van der Waals surface area contributed by atoms with Gasteiger partial charge in [-0.05, 0) is 42.4 Å². The lowest BCUT2D eigenvalue weighted by molar-refractivity contribution is -0.121. The molecule has 1 heteroatoms. The third-order valence-electron chi connectivity index (χ3n) is 5.45. The summed E-state index contributed by atoms with van der Waals surface area (Å²) >= 11 is 0. The molecule has 0 radical (unpaired) electrons. The minimum atomic E-state index is 0.272. The second-order valence-electron chi connectivity index (χ2n) is 7.18. The molecule has 0 aromatic carbocycles. The van der Waals surface area contributed by atoms with Crippen molar-refractivity contribution in [1.82, 2.24) is 0 Å². The first-order chi connectivity index (χ1) is 7.37. The van der Waals surface area contributed by atoms with Gasteiger partial charge in [-0.3, -0.25) is 4.79 Å². The smallest absolute Gasteiger partial charge is 0.140 e. The van der Waals surface area contributed by atoms with Crippen molar-refractivity contribution in [3.8, 4) is 0 Å². The highest BCUT2D eigenvalue weighted by atomic mass is 16.1. The molecule has 0 saturated heterocycles. The summed E-state index contributed by atoms with van der Waals surface area (Å²) in [4.78, 5) is 12.2. The Balaban J connectivity index is 2.11. The van der Waals surface area contributed by atoms with Gasteiger partial charge in [0, 0.05) is 12.3 Å². The van der Waals surface area contributed by atoms with Crippen molar-refractivity contribution in [3.05, 3.63) is 11.6 Å². The average Bonchev–Trinajstić information content (AvgIpc) is 2.59. The first-order valence-corrected chi connectivity index (χ1v) is 6.58. The fraction of sp³-hybridized carbons (Fsp3) is 0.800. The highest BCUT2D eigenvalue weighted by Gasteiger charge is 2.64. The SMILES string of the molecule is CC1=C[C@@H]2CC(C)(C)C[C@@]23C(C)CC(=O)[C@@H]13. The van der Waals surface area contributed by atoms with Gasteiger partial charge in [0.1, 0.15) is 5.78 Å². The van der Waals surface area contributed by atoms with E-state index in [-0.39, 0.29) is 5.92 Å². The van der Waals surface area contributed by atoms with Crippen LogP contribution in [0.25, 0.3) is 0 Å². The van der Waals surface area contributed by atoms with E-state index in [1.54, 1.807) is 0 Å². The van der Waals surface area contributed by atoms with Crippen LogP contribution in [-0.4, -0.2) is 5.78 Å². The zero-order valence-corrected chi connectivity index (χ0v) is 10.8. The fourth-order valence-corrected chi connectivity index (χ4v) is 5.17. The van der Waals surface area contributed by atoms with Crippen LogP contribution in [0.15, 0.2) is 11.6 Å². The standard InChI is InChI=1S/C15H22O/c1-9-5-11-7-14(3,4)8-15(11)10(2)6-12(16)13(9)15/h5,10-11,13H,6-8H2,1-4H3/t10?,11-,13-,15-/m1/s1. The largest absolute Gasteiger partial charge is 0.299 e. The molecule has 0 amide bonds. The molecule has 2 saturated carbocycles. The highest BCUT2D eigenvalue weighted by Crippen LogP contribution is 2.69. The predicted octanol–water partition coefficient (Wildman–Crippen LogP) is 3.59. The molecule has 3 aliphatic carbocycles. The second-order valence-corrected chi connectivity index (χ2v) is 7.18. The summed E-state index contributed by atoms with van der Waals surface area (Å²) in [6.07, 6.45) is 5.77. The molecule has 4 atom stereocenters. The van der Waals surface area contributed by atoms with E-state index < -0.39 is 0 Å². The Kier molecular flexibility index (Phi) is 1.85. The Hall–Kier alpha value is -0.590. The van der Waals surface area contributed by atoms with Crippen LogP contribution in [-0.2, 0) is 4.79 Å². The van der Waals surface area contributed by atoms with Gasteiger partial charge in [0.2, 0.25) is 0 Å². The van der Waals surface area contributed by atoms with Crippen LogP contribution in [0.4, 0.5) is 0 Å². The van der Waals surface area contributed by atoms with Crippen LogP contribution in [0.5, 0.6) is 0 Å². The van der Waals surface area contributed by atoms with Crippen LogP contribution < -0.4 is 0 Å². The third kappa shape index (κ3) is 1.05. The Morgan fingerprint density at radius 1 is 1.38 bits per heavy atom. The van der Waals surface area contributed by atoms with Crippen molar-refractivity contribution in [3.63, 3.8) is 0 Å². The molecule has 1 unspecified atom stereocenters. The van der Waals surface area contributed by atoms with Crippen molar-refractivity contribution in [2.45, 2.75) is 47.0 Å². The topological polar surface area (TPSA) is 17.1 Å². The Bertz CT molecular complexity index is 390. The van der Waals surface area contributed by atoms with Gasteiger partial charge < -0.3 is 0 Å². The van der Waals surface area contributed by atoms with Gasteiger partial charge in [0.05, 0.1) is 0 Å². The quantitative estimate of drug-likeness (QED) is 0.568. The number of hydrogen-bond donors (Lipinski definition) is 0. The Labute approximate surface area is 98.3 Å². The average molecular weight is 218 g/mol. The van der Waals surface area contributed by atoms with E-state index in [2.05, 4.69) is 33.8 Å². The Morgan fingerprint density at radius 2 is 2.06 bits per heavy atom. The zero-order chi connectivity index (χ0) is 11.7. The summed E-state index contributed by atoms with van der Waals surface area (Å²) < 4.78 is 0. The number of Topliss-reactive ketones (excluding diaryl/α,β-unsaturated/α-hetero) is 1. The molecule has 3 rings (SSSR count). The van der Waals surface area contributed by atoms with E-state index in [0.29, 0.717) is 28.4 Å². The second kappa shape index (κ2) is 2.80. The van der Waals surface area contributed by atoms with Crippen molar-refractivity contribution in [1.29, 1.82) is 0 Å². The van der Waals surface area contributed by atoms with Crippen molar-refractivity contribution >= 4 is 5.78 Å².